The first-order chi connectivity index (χ1) is 12.2. The molecule has 0 atom stereocenters. The minimum Gasteiger partial charge on any atom is -0.321 e. The van der Waals surface area contributed by atoms with E-state index in [1.54, 1.807) is 24.3 Å². The monoisotopic (exact) mass is 399 g/mol. The van der Waals surface area contributed by atoms with Crippen LogP contribution in [0, 0.1) is 0 Å². The van der Waals surface area contributed by atoms with E-state index < -0.39 is 17.6 Å². The van der Waals surface area contributed by atoms with E-state index in [0.29, 0.717) is 10.7 Å². The van der Waals surface area contributed by atoms with E-state index in [9.17, 15) is 18.0 Å². The first-order valence-electron chi connectivity index (χ1n) is 7.23. The van der Waals surface area contributed by atoms with Gasteiger partial charge in [0.15, 0.2) is 0 Å². The van der Waals surface area contributed by atoms with Crippen molar-refractivity contribution in [1.82, 2.24) is 9.78 Å². The highest BCUT2D eigenvalue weighted by atomic mass is 35.5. The Morgan fingerprint density at radius 2 is 1.77 bits per heavy atom. The number of nitrogens with zero attached hydrogens (tertiary/aromatic N) is 2. The zero-order valence-electron chi connectivity index (χ0n) is 12.9. The fourth-order valence-corrected chi connectivity index (χ4v) is 2.46. The largest absolute Gasteiger partial charge is 0.416 e. The van der Waals surface area contributed by atoms with Crippen LogP contribution in [0.2, 0.25) is 10.0 Å². The summed E-state index contributed by atoms with van der Waals surface area (Å²) >= 11 is 11.7. The third-order valence-electron chi connectivity index (χ3n) is 3.48. The van der Waals surface area contributed by atoms with E-state index in [0.717, 1.165) is 18.2 Å². The van der Waals surface area contributed by atoms with Crippen LogP contribution in [-0.4, -0.2) is 15.7 Å². The van der Waals surface area contributed by atoms with Gasteiger partial charge in [-0.05, 0) is 42.5 Å². The van der Waals surface area contributed by atoms with Crippen LogP contribution in [0.5, 0.6) is 0 Å². The molecule has 0 aliphatic rings. The Balaban J connectivity index is 1.82. The second kappa shape index (κ2) is 7.01. The van der Waals surface area contributed by atoms with E-state index in [2.05, 4.69) is 10.4 Å². The fraction of sp³-hybridized carbons (Fsp3) is 0.0588. The molecule has 1 heterocycles. The molecule has 2 aromatic carbocycles. The summed E-state index contributed by atoms with van der Waals surface area (Å²) in [4.78, 5) is 12.3. The molecule has 1 N–H and O–H groups in total. The highest BCUT2D eigenvalue weighted by Crippen LogP contribution is 2.34. The van der Waals surface area contributed by atoms with Gasteiger partial charge in [-0.25, -0.2) is 4.68 Å². The summed E-state index contributed by atoms with van der Waals surface area (Å²) in [5, 5.41) is 6.98. The maximum atomic E-state index is 12.8. The van der Waals surface area contributed by atoms with Crippen molar-refractivity contribution in [2.45, 2.75) is 6.18 Å². The number of anilines is 1. The molecular formula is C17H10Cl2F3N3O. The highest BCUT2D eigenvalue weighted by molar-refractivity contribution is 6.34. The Bertz CT molecular complexity index is 953. The van der Waals surface area contributed by atoms with Crippen LogP contribution >= 0.6 is 23.2 Å². The Morgan fingerprint density at radius 1 is 1.08 bits per heavy atom. The number of carbonyl (C=O) groups excluding carboxylic acids is 1. The number of hydrogen-bond donors (Lipinski definition) is 1. The summed E-state index contributed by atoms with van der Waals surface area (Å²) in [7, 11) is 0. The molecule has 0 aliphatic carbocycles. The first kappa shape index (κ1) is 18.3. The van der Waals surface area contributed by atoms with E-state index in [4.69, 9.17) is 23.2 Å². The molecule has 3 aromatic rings. The van der Waals surface area contributed by atoms with Crippen molar-refractivity contribution in [2.75, 3.05) is 5.32 Å². The predicted octanol–water partition coefficient (Wildman–Crippen LogP) is 5.45. The third-order valence-corrected chi connectivity index (χ3v) is 4.06. The molecule has 0 spiro atoms. The molecule has 0 aliphatic heterocycles. The zero-order chi connectivity index (χ0) is 18.9. The smallest absolute Gasteiger partial charge is 0.321 e. The summed E-state index contributed by atoms with van der Waals surface area (Å²) in [5.74, 6) is -0.633. The number of nitrogens with one attached hydrogen (secondary N) is 1. The van der Waals surface area contributed by atoms with Crippen LogP contribution in [0.1, 0.15) is 15.9 Å². The van der Waals surface area contributed by atoms with Gasteiger partial charge in [0.2, 0.25) is 0 Å². The van der Waals surface area contributed by atoms with E-state index in [1.807, 2.05) is 0 Å². The van der Waals surface area contributed by atoms with Gasteiger partial charge in [-0.3, -0.25) is 4.79 Å². The molecule has 26 heavy (non-hydrogen) atoms. The van der Waals surface area contributed by atoms with Gasteiger partial charge in [0.1, 0.15) is 0 Å². The van der Waals surface area contributed by atoms with Crippen molar-refractivity contribution >= 4 is 34.8 Å². The number of carbonyl (C=O) groups is 1. The first-order valence-corrected chi connectivity index (χ1v) is 7.98. The number of rotatable bonds is 3. The number of hydrogen-bond acceptors (Lipinski definition) is 2. The van der Waals surface area contributed by atoms with Crippen LogP contribution in [0.4, 0.5) is 18.9 Å². The lowest BCUT2D eigenvalue weighted by atomic mass is 10.2. The summed E-state index contributed by atoms with van der Waals surface area (Å²) in [6.45, 7) is 0. The number of benzene rings is 2. The molecule has 134 valence electrons. The molecule has 9 heteroatoms. The van der Waals surface area contributed by atoms with Crippen LogP contribution in [-0.2, 0) is 6.18 Å². The van der Waals surface area contributed by atoms with Crippen molar-refractivity contribution in [3.8, 4) is 5.69 Å². The van der Waals surface area contributed by atoms with E-state index >= 15 is 0 Å². The van der Waals surface area contributed by atoms with Crippen molar-refractivity contribution < 1.29 is 18.0 Å². The van der Waals surface area contributed by atoms with E-state index in [-0.39, 0.29) is 16.3 Å². The van der Waals surface area contributed by atoms with Crippen LogP contribution in [0.3, 0.4) is 0 Å². The topological polar surface area (TPSA) is 46.9 Å². The number of alkyl halides is 3. The van der Waals surface area contributed by atoms with E-state index in [1.165, 1.54) is 17.1 Å². The molecule has 0 fully saturated rings. The standard InChI is InChI=1S/C17H10Cl2F3N3O/c18-12-2-4-13(5-3-12)25-9-10(8-23-25)16(26)24-15-7-11(17(20,21)22)1-6-14(15)19/h1-9H,(H,24,26). The maximum absolute atomic E-state index is 12.8. The van der Waals surface area contributed by atoms with Crippen molar-refractivity contribution in [3.63, 3.8) is 0 Å². The van der Waals surface area contributed by atoms with Crippen LogP contribution in [0.15, 0.2) is 54.9 Å². The molecule has 0 bridgehead atoms. The molecule has 0 saturated carbocycles. The average Bonchev–Trinajstić information content (AvgIpc) is 3.06. The second-order valence-electron chi connectivity index (χ2n) is 5.30. The van der Waals surface area contributed by atoms with Gasteiger partial charge in [-0.1, -0.05) is 23.2 Å². The molecule has 0 radical (unpaired) electrons. The average molecular weight is 400 g/mol. The Morgan fingerprint density at radius 3 is 2.42 bits per heavy atom. The minimum absolute atomic E-state index is 0.00329. The van der Waals surface area contributed by atoms with Gasteiger partial charge >= 0.3 is 6.18 Å². The predicted molar refractivity (Wildman–Crippen MR) is 93.0 cm³/mol. The van der Waals surface area contributed by atoms with Crippen molar-refractivity contribution in [2.24, 2.45) is 0 Å². The second-order valence-corrected chi connectivity index (χ2v) is 6.14. The van der Waals surface area contributed by atoms with Gasteiger partial charge in [-0.15, -0.1) is 0 Å². The van der Waals surface area contributed by atoms with Gasteiger partial charge in [-0.2, -0.15) is 18.3 Å². The third kappa shape index (κ3) is 4.00. The Labute approximate surface area is 156 Å². The number of amides is 1. The van der Waals surface area contributed by atoms with Crippen molar-refractivity contribution in [3.05, 3.63) is 76.0 Å². The Kier molecular flexibility index (Phi) is 4.93. The van der Waals surface area contributed by atoms with Gasteiger partial charge in [0.05, 0.1) is 33.7 Å². The molecule has 0 saturated heterocycles. The lowest BCUT2D eigenvalue weighted by Crippen LogP contribution is -2.13. The normalized spacial score (nSPS) is 11.4. The Hall–Kier alpha value is -2.51. The van der Waals surface area contributed by atoms with Crippen LogP contribution < -0.4 is 5.32 Å². The van der Waals surface area contributed by atoms with Gasteiger partial charge in [0.25, 0.3) is 5.91 Å². The summed E-state index contributed by atoms with van der Waals surface area (Å²) < 4.78 is 39.8. The van der Waals surface area contributed by atoms with Crippen molar-refractivity contribution in [1.29, 1.82) is 0 Å². The number of halogens is 5. The SMILES string of the molecule is O=C(Nc1cc(C(F)(F)F)ccc1Cl)c1cnn(-c2ccc(Cl)cc2)c1. The lowest BCUT2D eigenvalue weighted by molar-refractivity contribution is -0.137. The molecule has 3 rings (SSSR count). The fourth-order valence-electron chi connectivity index (χ4n) is 2.17. The van der Waals surface area contributed by atoms with Crippen LogP contribution in [0.25, 0.3) is 5.69 Å². The summed E-state index contributed by atoms with van der Waals surface area (Å²) in [6.07, 6.45) is -1.80. The maximum Gasteiger partial charge on any atom is 0.416 e. The minimum atomic E-state index is -4.54. The zero-order valence-corrected chi connectivity index (χ0v) is 14.4. The van der Waals surface area contributed by atoms with Gasteiger partial charge in [0, 0.05) is 11.2 Å². The highest BCUT2D eigenvalue weighted by Gasteiger charge is 2.31. The molecule has 1 aromatic heterocycles. The molecule has 1 amide bonds. The quantitative estimate of drug-likeness (QED) is 0.636. The lowest BCUT2D eigenvalue weighted by Gasteiger charge is -2.11. The molecule has 4 nitrogen and oxygen atoms in total. The summed E-state index contributed by atoms with van der Waals surface area (Å²) in [6, 6.07) is 9.46. The van der Waals surface area contributed by atoms with Gasteiger partial charge < -0.3 is 5.32 Å². The molecular weight excluding hydrogens is 390 g/mol. The molecule has 0 unspecified atom stereocenters. The number of aromatic nitrogens is 2. The summed E-state index contributed by atoms with van der Waals surface area (Å²) in [5.41, 5.74) is -0.209.